The number of nitrogens with zero attached hydrogens (tertiary/aromatic N) is 1. The van der Waals surface area contributed by atoms with E-state index >= 15 is 0 Å². The molecule has 0 amide bonds. The van der Waals surface area contributed by atoms with E-state index in [4.69, 9.17) is 0 Å². The van der Waals surface area contributed by atoms with Gasteiger partial charge in [0.2, 0.25) is 0 Å². The summed E-state index contributed by atoms with van der Waals surface area (Å²) in [5.41, 5.74) is 1.47. The summed E-state index contributed by atoms with van der Waals surface area (Å²) in [7, 11) is 0. The highest BCUT2D eigenvalue weighted by Gasteiger charge is 2.08. The van der Waals surface area contributed by atoms with Crippen LogP contribution in [-0.4, -0.2) is 4.98 Å². The van der Waals surface area contributed by atoms with E-state index in [1.807, 2.05) is 36.4 Å². The van der Waals surface area contributed by atoms with Crippen LogP contribution in [0.5, 0.6) is 0 Å². The Morgan fingerprint density at radius 1 is 0.875 bits per heavy atom. The molecule has 1 aromatic carbocycles. The summed E-state index contributed by atoms with van der Waals surface area (Å²) in [6, 6.07) is 15.0. The van der Waals surface area contributed by atoms with E-state index in [1.165, 1.54) is 0 Å². The Hall–Kier alpha value is -2.22. The third-order valence-corrected chi connectivity index (χ3v) is 2.70. The molecule has 0 unspecified atom stereocenters. The van der Waals surface area contributed by atoms with Crippen LogP contribution in [0.2, 0.25) is 0 Å². The monoisotopic (exact) mass is 207 g/mol. The molecule has 0 atom stereocenters. The Labute approximate surface area is 92.5 Å². The second kappa shape index (κ2) is 3.42. The fraction of sp³-hybridized carbons (Fsp3) is 0. The highest BCUT2D eigenvalue weighted by atomic mass is 16.1. The van der Waals surface area contributed by atoms with Gasteiger partial charge in [0, 0.05) is 6.20 Å². The van der Waals surface area contributed by atoms with Crippen LogP contribution in [0.25, 0.3) is 22.0 Å². The zero-order chi connectivity index (χ0) is 11.0. The van der Waals surface area contributed by atoms with Crippen molar-refractivity contribution < 1.29 is 0 Å². The fourth-order valence-corrected chi connectivity index (χ4v) is 1.97. The van der Waals surface area contributed by atoms with Crippen LogP contribution >= 0.6 is 0 Å². The van der Waals surface area contributed by atoms with Gasteiger partial charge in [-0.25, -0.2) is 0 Å². The Kier molecular flexibility index (Phi) is 1.93. The van der Waals surface area contributed by atoms with Gasteiger partial charge in [-0.1, -0.05) is 30.3 Å². The van der Waals surface area contributed by atoms with E-state index in [2.05, 4.69) is 4.98 Å². The minimum Gasteiger partial charge on any atom is -0.289 e. The first-order valence-electron chi connectivity index (χ1n) is 5.13. The first kappa shape index (κ1) is 9.04. The highest BCUT2D eigenvalue weighted by molar-refractivity contribution is 5.95. The van der Waals surface area contributed by atoms with Gasteiger partial charge in [-0.2, -0.15) is 0 Å². The molecule has 0 aromatic heterocycles. The van der Waals surface area contributed by atoms with Gasteiger partial charge < -0.3 is 0 Å². The molecule has 16 heavy (non-hydrogen) atoms. The molecular weight excluding hydrogens is 198 g/mol. The van der Waals surface area contributed by atoms with Gasteiger partial charge in [0.25, 0.3) is 0 Å². The summed E-state index contributed by atoms with van der Waals surface area (Å²) >= 11 is 0. The third kappa shape index (κ3) is 1.27. The summed E-state index contributed by atoms with van der Waals surface area (Å²) < 4.78 is 0. The van der Waals surface area contributed by atoms with Crippen LogP contribution in [0, 0.1) is 0 Å². The number of rotatable bonds is 0. The molecule has 0 spiro atoms. The molecule has 1 aliphatic carbocycles. The second-order valence-corrected chi connectivity index (χ2v) is 3.68. The van der Waals surface area contributed by atoms with Crippen molar-refractivity contribution in [1.29, 1.82) is 0 Å². The van der Waals surface area contributed by atoms with Crippen LogP contribution in [-0.2, 0) is 0 Å². The summed E-state index contributed by atoms with van der Waals surface area (Å²) in [5.74, 6) is 0. The van der Waals surface area contributed by atoms with Crippen LogP contribution in [0.15, 0.2) is 59.5 Å². The van der Waals surface area contributed by atoms with Crippen molar-refractivity contribution in [3.05, 3.63) is 65.0 Å². The topological polar surface area (TPSA) is 30.0 Å². The lowest BCUT2D eigenvalue weighted by molar-refractivity contribution is 1.35. The summed E-state index contributed by atoms with van der Waals surface area (Å²) in [6.07, 6.45) is 1.74. The first-order valence-corrected chi connectivity index (χ1v) is 5.13. The number of benzene rings is 2. The van der Waals surface area contributed by atoms with Crippen molar-refractivity contribution >= 4 is 10.8 Å². The van der Waals surface area contributed by atoms with E-state index < -0.39 is 0 Å². The van der Waals surface area contributed by atoms with Crippen LogP contribution in [0.4, 0.5) is 0 Å². The molecule has 0 saturated heterocycles. The van der Waals surface area contributed by atoms with Gasteiger partial charge in [0.15, 0.2) is 5.43 Å². The Balaban J connectivity index is 2.64. The Morgan fingerprint density at radius 2 is 1.75 bits per heavy atom. The predicted molar refractivity (Wildman–Crippen MR) is 64.6 cm³/mol. The molecule has 76 valence electrons. The highest BCUT2D eigenvalue weighted by Crippen LogP contribution is 2.23. The van der Waals surface area contributed by atoms with Gasteiger partial charge in [0.1, 0.15) is 0 Å². The molecule has 0 saturated carbocycles. The molecule has 0 radical (unpaired) electrons. The van der Waals surface area contributed by atoms with Gasteiger partial charge in [0.05, 0.1) is 11.3 Å². The molecule has 1 aliphatic heterocycles. The minimum absolute atomic E-state index is 0.0254. The zero-order valence-corrected chi connectivity index (χ0v) is 8.55. The molecule has 1 heterocycles. The maximum absolute atomic E-state index is 11.9. The largest absolute Gasteiger partial charge is 0.289 e. The summed E-state index contributed by atoms with van der Waals surface area (Å²) in [4.78, 5) is 16.2. The molecule has 1 aromatic rings. The molecular formula is C14H9NO. The smallest absolute Gasteiger partial charge is 0.188 e. The van der Waals surface area contributed by atoms with E-state index in [0.29, 0.717) is 5.56 Å². The maximum Gasteiger partial charge on any atom is 0.188 e. The average Bonchev–Trinajstić information content (AvgIpc) is 2.49. The molecule has 3 rings (SSSR count). The van der Waals surface area contributed by atoms with Crippen LogP contribution in [0.1, 0.15) is 0 Å². The average molecular weight is 207 g/mol. The first-order chi connectivity index (χ1) is 7.86. The summed E-state index contributed by atoms with van der Waals surface area (Å²) in [6.45, 7) is 0. The van der Waals surface area contributed by atoms with E-state index in [1.54, 1.807) is 18.3 Å². The normalized spacial score (nSPS) is 10.8. The van der Waals surface area contributed by atoms with Crippen LogP contribution < -0.4 is 5.43 Å². The molecule has 0 bridgehead atoms. The molecule has 0 fully saturated rings. The Bertz CT molecular complexity index is 691. The lowest BCUT2D eigenvalue weighted by Crippen LogP contribution is -2.03. The van der Waals surface area contributed by atoms with Crippen molar-refractivity contribution in [2.45, 2.75) is 0 Å². The summed E-state index contributed by atoms with van der Waals surface area (Å²) in [5, 5.41) is 1.99. The zero-order valence-electron chi connectivity index (χ0n) is 8.55. The lowest BCUT2D eigenvalue weighted by atomic mass is 10.0. The van der Waals surface area contributed by atoms with Gasteiger partial charge in [-0.3, -0.25) is 9.78 Å². The molecule has 0 N–H and O–H groups in total. The van der Waals surface area contributed by atoms with E-state index in [0.717, 1.165) is 16.5 Å². The van der Waals surface area contributed by atoms with Gasteiger partial charge in [-0.15, -0.1) is 0 Å². The minimum atomic E-state index is 0.0254. The SMILES string of the molecule is O=c1cccc2nccc3ccccc3c1-2. The van der Waals surface area contributed by atoms with Gasteiger partial charge >= 0.3 is 0 Å². The molecule has 2 nitrogen and oxygen atoms in total. The number of hydrogen-bond donors (Lipinski definition) is 0. The van der Waals surface area contributed by atoms with E-state index in [9.17, 15) is 4.79 Å². The quantitative estimate of drug-likeness (QED) is 0.567. The van der Waals surface area contributed by atoms with Crippen LogP contribution in [0.3, 0.4) is 0 Å². The third-order valence-electron chi connectivity index (χ3n) is 2.70. The van der Waals surface area contributed by atoms with Crippen molar-refractivity contribution in [2.75, 3.05) is 0 Å². The van der Waals surface area contributed by atoms with E-state index in [-0.39, 0.29) is 5.43 Å². The molecule has 2 aliphatic rings. The van der Waals surface area contributed by atoms with Crippen molar-refractivity contribution in [1.82, 2.24) is 4.98 Å². The number of fused-ring (bicyclic) bond motifs is 3. The standard InChI is InChI=1S/C14H9NO/c16-13-7-3-6-12-14(13)11-5-2-1-4-10(11)8-9-15-12/h1-9H. The number of hydrogen-bond acceptors (Lipinski definition) is 2. The maximum atomic E-state index is 11.9. The van der Waals surface area contributed by atoms with Crippen molar-refractivity contribution in [3.63, 3.8) is 0 Å². The number of aromatic nitrogens is 1. The van der Waals surface area contributed by atoms with Gasteiger partial charge in [-0.05, 0) is 29.0 Å². The van der Waals surface area contributed by atoms with Crippen molar-refractivity contribution in [3.8, 4) is 11.3 Å². The Morgan fingerprint density at radius 3 is 2.69 bits per heavy atom. The lowest BCUT2D eigenvalue weighted by Gasteiger charge is -2.00. The van der Waals surface area contributed by atoms with Crippen molar-refractivity contribution in [2.24, 2.45) is 0 Å². The predicted octanol–water partition coefficient (Wildman–Crippen LogP) is 2.70. The molecule has 2 heteroatoms. The fourth-order valence-electron chi connectivity index (χ4n) is 1.97. The second-order valence-electron chi connectivity index (χ2n) is 3.68.